The molecule has 3 nitrogen and oxygen atoms in total. The number of hydrogen-bond donors (Lipinski definition) is 3. The van der Waals surface area contributed by atoms with E-state index in [4.69, 9.17) is 15.3 Å². The molecule has 1 atom stereocenters. The van der Waals surface area contributed by atoms with E-state index in [0.29, 0.717) is 17.1 Å². The van der Waals surface area contributed by atoms with Crippen molar-refractivity contribution in [2.75, 3.05) is 19.8 Å². The summed E-state index contributed by atoms with van der Waals surface area (Å²) in [6.07, 6.45) is 21.0. The van der Waals surface area contributed by atoms with Gasteiger partial charge in [0.2, 0.25) is 0 Å². The van der Waals surface area contributed by atoms with Gasteiger partial charge >= 0.3 is 0 Å². The molecule has 0 saturated heterocycles. The van der Waals surface area contributed by atoms with Crippen LogP contribution in [0.3, 0.4) is 0 Å². The molecule has 0 bridgehead atoms. The Balaban J connectivity index is -0.000000148. The van der Waals surface area contributed by atoms with Gasteiger partial charge in [0.1, 0.15) is 0 Å². The van der Waals surface area contributed by atoms with E-state index in [1.807, 2.05) is 0 Å². The van der Waals surface area contributed by atoms with Gasteiger partial charge in [0, 0.05) is 10.5 Å². The van der Waals surface area contributed by atoms with E-state index in [2.05, 4.69) is 56.9 Å². The number of unbranched alkanes of at least 4 members (excludes halogenated alkanes) is 11. The molecule has 1 unspecified atom stereocenters. The van der Waals surface area contributed by atoms with Crippen LogP contribution in [0.1, 0.15) is 124 Å². The predicted molar refractivity (Wildman–Crippen MR) is 141 cm³/mol. The maximum Gasteiger partial charge on any atom is 0.0609 e. The van der Waals surface area contributed by atoms with Gasteiger partial charge in [-0.3, -0.25) is 0 Å². The summed E-state index contributed by atoms with van der Waals surface area (Å²) < 4.78 is 0.481. The molecule has 29 heavy (non-hydrogen) atoms. The molecule has 0 rings (SSSR count). The van der Waals surface area contributed by atoms with Crippen molar-refractivity contribution in [3.8, 4) is 0 Å². The van der Waals surface area contributed by atoms with E-state index in [-0.39, 0.29) is 6.61 Å². The molecule has 0 radical (unpaired) electrons. The highest BCUT2D eigenvalue weighted by atomic mass is 127. The summed E-state index contributed by atoms with van der Waals surface area (Å²) in [4.78, 5) is 0. The van der Waals surface area contributed by atoms with Gasteiger partial charge in [0.25, 0.3) is 0 Å². The van der Waals surface area contributed by atoms with Crippen molar-refractivity contribution in [3.63, 3.8) is 0 Å². The lowest BCUT2D eigenvalue weighted by Gasteiger charge is -2.03. The lowest BCUT2D eigenvalue weighted by molar-refractivity contribution is 0.282. The Labute approximate surface area is 197 Å². The number of hydrogen-bond acceptors (Lipinski definition) is 3. The lowest BCUT2D eigenvalue weighted by Crippen LogP contribution is -2.02. The van der Waals surface area contributed by atoms with Crippen molar-refractivity contribution < 1.29 is 15.3 Å². The number of aliphatic hydroxyl groups is 3. The predicted octanol–water partition coefficient (Wildman–Crippen LogP) is 7.84. The van der Waals surface area contributed by atoms with Crippen molar-refractivity contribution in [2.24, 2.45) is 0 Å². The fourth-order valence-electron chi connectivity index (χ4n) is 2.28. The Bertz CT molecular complexity index is 214. The third-order valence-corrected chi connectivity index (χ3v) is 5.18. The Hall–Kier alpha value is 0.350. The highest BCUT2D eigenvalue weighted by molar-refractivity contribution is 14.1. The summed E-state index contributed by atoms with van der Waals surface area (Å²) in [5, 5.41) is 24.7. The molecule has 0 amide bonds. The van der Waals surface area contributed by atoms with Crippen molar-refractivity contribution in [2.45, 2.75) is 128 Å². The smallest absolute Gasteiger partial charge is 0.0609 e. The molecule has 0 fully saturated rings. The zero-order valence-electron chi connectivity index (χ0n) is 20.3. The van der Waals surface area contributed by atoms with Crippen LogP contribution in [0.5, 0.6) is 0 Å². The van der Waals surface area contributed by atoms with Crippen LogP contribution in [-0.2, 0) is 0 Å². The topological polar surface area (TPSA) is 60.7 Å². The fraction of sp³-hybridized carbons (Fsp3) is 0.920. The van der Waals surface area contributed by atoms with E-state index < -0.39 is 0 Å². The largest absolute Gasteiger partial charge is 0.396 e. The maximum atomic E-state index is 8.63. The second-order valence-corrected chi connectivity index (χ2v) is 9.06. The third-order valence-electron chi connectivity index (χ3n) is 4.17. The minimum atomic E-state index is 0.0833. The van der Waals surface area contributed by atoms with E-state index in [1.54, 1.807) is 0 Å². The molecule has 0 aromatic rings. The molecule has 0 aliphatic rings. The molecule has 4 heteroatoms. The second-order valence-electron chi connectivity index (χ2n) is 7.30. The lowest BCUT2D eigenvalue weighted by atomic mass is 10.1. The SMILES string of the molecule is C=CCO.CCCCCC(I)CO.CCCCCCCC.CCCCCCCO. The number of aliphatic hydroxyl groups excluding tert-OH is 3. The zero-order valence-corrected chi connectivity index (χ0v) is 22.5. The average Bonchev–Trinajstić information content (AvgIpc) is 2.75. The summed E-state index contributed by atoms with van der Waals surface area (Å²) in [5.41, 5.74) is 0. The van der Waals surface area contributed by atoms with Gasteiger partial charge < -0.3 is 15.3 Å². The highest BCUT2D eigenvalue weighted by Crippen LogP contribution is 2.10. The van der Waals surface area contributed by atoms with Gasteiger partial charge in [-0.2, -0.15) is 0 Å². The van der Waals surface area contributed by atoms with E-state index in [9.17, 15) is 0 Å². The Kier molecular flexibility index (Phi) is 53.7. The minimum absolute atomic E-state index is 0.0833. The van der Waals surface area contributed by atoms with Gasteiger partial charge in [-0.1, -0.05) is 140 Å². The molecule has 0 aromatic heterocycles. The Morgan fingerprint density at radius 2 is 1.00 bits per heavy atom. The third kappa shape index (κ3) is 58.5. The van der Waals surface area contributed by atoms with Gasteiger partial charge in [-0.05, 0) is 12.8 Å². The standard InChI is InChI=1S/C8H18.C7H15IO.C7H16O.C3H6O/c1-3-5-7-8-6-4-2;1-2-3-4-5-7(8)6-9;1-2-3-4-5-6-7-8;1-2-3-4/h3-8H2,1-2H3;7,9H,2-6H2,1H3;8H,2-7H2,1H3;2,4H,1,3H2. The first-order valence-electron chi connectivity index (χ1n) is 12.1. The minimum Gasteiger partial charge on any atom is -0.396 e. The summed E-state index contributed by atoms with van der Waals surface area (Å²) in [5.74, 6) is 0. The zero-order chi connectivity index (χ0) is 23.0. The molecule has 0 aliphatic carbocycles. The van der Waals surface area contributed by atoms with Crippen molar-refractivity contribution in [3.05, 3.63) is 12.7 Å². The molecule has 0 heterocycles. The van der Waals surface area contributed by atoms with Gasteiger partial charge in [-0.15, -0.1) is 6.58 Å². The summed E-state index contributed by atoms with van der Waals surface area (Å²) >= 11 is 2.30. The molecule has 0 aromatic carbocycles. The molecule has 0 saturated carbocycles. The summed E-state index contributed by atoms with van der Waals surface area (Å²) in [6, 6.07) is 0. The quantitative estimate of drug-likeness (QED) is 0.0824. The van der Waals surface area contributed by atoms with Crippen molar-refractivity contribution in [1.82, 2.24) is 0 Å². The van der Waals surface area contributed by atoms with Crippen LogP contribution in [0.25, 0.3) is 0 Å². The van der Waals surface area contributed by atoms with Gasteiger partial charge in [0.05, 0.1) is 13.2 Å². The van der Waals surface area contributed by atoms with Crippen LogP contribution >= 0.6 is 22.6 Å². The van der Waals surface area contributed by atoms with Crippen LogP contribution in [0.4, 0.5) is 0 Å². The van der Waals surface area contributed by atoms with Gasteiger partial charge in [-0.25, -0.2) is 0 Å². The summed E-state index contributed by atoms with van der Waals surface area (Å²) in [7, 11) is 0. The molecule has 0 spiro atoms. The fourth-order valence-corrected chi connectivity index (χ4v) is 2.72. The Morgan fingerprint density at radius 3 is 1.28 bits per heavy atom. The first-order valence-corrected chi connectivity index (χ1v) is 13.4. The summed E-state index contributed by atoms with van der Waals surface area (Å²) in [6.45, 7) is 12.9. The number of halogens is 1. The first kappa shape index (κ1) is 36.7. The molecule has 3 N–H and O–H groups in total. The highest BCUT2D eigenvalue weighted by Gasteiger charge is 1.99. The van der Waals surface area contributed by atoms with Crippen LogP contribution in [0, 0.1) is 0 Å². The normalized spacial score (nSPS) is 10.5. The maximum absolute atomic E-state index is 8.63. The van der Waals surface area contributed by atoms with Crippen LogP contribution in [0.2, 0.25) is 0 Å². The van der Waals surface area contributed by atoms with Crippen LogP contribution in [0.15, 0.2) is 12.7 Å². The second kappa shape index (κ2) is 42.5. The molecule has 0 aliphatic heterocycles. The Morgan fingerprint density at radius 1 is 0.655 bits per heavy atom. The van der Waals surface area contributed by atoms with Crippen LogP contribution in [-0.4, -0.2) is 39.1 Å². The van der Waals surface area contributed by atoms with E-state index >= 15 is 0 Å². The first-order chi connectivity index (χ1) is 14.1. The van der Waals surface area contributed by atoms with E-state index in [1.165, 1.54) is 96.0 Å². The van der Waals surface area contributed by atoms with Crippen molar-refractivity contribution >= 4 is 22.6 Å². The molecular formula is C25H55IO3. The molecular weight excluding hydrogens is 475 g/mol. The monoisotopic (exact) mass is 530 g/mol. The van der Waals surface area contributed by atoms with Gasteiger partial charge in [0.15, 0.2) is 0 Å². The molecule has 180 valence electrons. The van der Waals surface area contributed by atoms with Crippen LogP contribution < -0.4 is 0 Å². The number of alkyl halides is 1. The average molecular weight is 531 g/mol. The number of rotatable bonds is 16. The van der Waals surface area contributed by atoms with Crippen molar-refractivity contribution in [1.29, 1.82) is 0 Å². The van der Waals surface area contributed by atoms with E-state index in [0.717, 1.165) is 6.42 Å².